The first-order chi connectivity index (χ1) is 7.39. The summed E-state index contributed by atoms with van der Waals surface area (Å²) in [6.45, 7) is 0.219. The van der Waals surface area contributed by atoms with Gasteiger partial charge in [-0.15, -0.1) is 0 Å². The van der Waals surface area contributed by atoms with E-state index in [9.17, 15) is 4.57 Å². The first-order valence-corrected chi connectivity index (χ1v) is 6.27. The third kappa shape index (κ3) is 6.51. The molecule has 0 saturated carbocycles. The van der Waals surface area contributed by atoms with Gasteiger partial charge in [0.2, 0.25) is 0 Å². The second-order valence-corrected chi connectivity index (χ2v) is 4.27. The van der Waals surface area contributed by atoms with Crippen LogP contribution in [-0.2, 0) is 13.8 Å². The summed E-state index contributed by atoms with van der Waals surface area (Å²) in [5.74, 6) is -0.567. The van der Waals surface area contributed by atoms with Crippen molar-refractivity contribution in [1.29, 1.82) is 0 Å². The molecule has 9 heteroatoms. The maximum absolute atomic E-state index is 10.3. The van der Waals surface area contributed by atoms with Gasteiger partial charge in [0, 0.05) is 0 Å². The van der Waals surface area contributed by atoms with Gasteiger partial charge in [0.1, 0.15) is 5.79 Å². The molecular weight excluding hydrogens is 237 g/mol. The molecule has 0 heterocycles. The van der Waals surface area contributed by atoms with Crippen molar-refractivity contribution >= 4 is 7.82 Å². The normalized spacial score (nSPS) is 13.1. The zero-order valence-electron chi connectivity index (χ0n) is 9.69. The maximum Gasteiger partial charge on any atom is 0.469 e. The fourth-order valence-corrected chi connectivity index (χ4v) is 1.34. The van der Waals surface area contributed by atoms with Crippen LogP contribution < -0.4 is 16.0 Å². The molecule has 0 saturated heterocycles. The Bertz CT molecular complexity index is 222. The van der Waals surface area contributed by atoms with E-state index in [1.807, 2.05) is 0 Å². The molecule has 0 spiro atoms. The van der Waals surface area contributed by atoms with Crippen LogP contribution in [0.3, 0.4) is 0 Å². The largest absolute Gasteiger partial charge is 0.469 e. The van der Waals surface area contributed by atoms with E-state index in [4.69, 9.17) is 14.5 Å². The first-order valence-electron chi connectivity index (χ1n) is 4.73. The Morgan fingerprint density at radius 2 is 1.62 bits per heavy atom. The van der Waals surface area contributed by atoms with Crippen LogP contribution >= 0.6 is 7.82 Å². The molecular formula is C7H20N3O5P. The number of likely N-dealkylation sites (N-methyl/N-ethyl adjacent to an activating group) is 3. The molecule has 5 N–H and O–H groups in total. The monoisotopic (exact) mass is 257 g/mol. The van der Waals surface area contributed by atoms with Crippen molar-refractivity contribution < 1.29 is 23.6 Å². The van der Waals surface area contributed by atoms with E-state index in [2.05, 4.69) is 20.5 Å². The fourth-order valence-electron chi connectivity index (χ4n) is 1.03. The standard InChI is InChI=1S/C7H20N3O5P/c1-8-7(9-2,10-3)6-14-4-5-15-16(11,12)13/h8-10H,4-6H2,1-3H3,(H2,11,12,13). The van der Waals surface area contributed by atoms with Gasteiger partial charge in [-0.3, -0.25) is 20.5 Å². The van der Waals surface area contributed by atoms with Crippen LogP contribution in [0.2, 0.25) is 0 Å². The lowest BCUT2D eigenvalue weighted by Crippen LogP contribution is -2.66. The molecule has 0 aromatic rings. The highest BCUT2D eigenvalue weighted by atomic mass is 31.2. The number of hydrogen-bond acceptors (Lipinski definition) is 6. The Hall–Kier alpha value is -0.0500. The second-order valence-electron chi connectivity index (χ2n) is 3.03. The predicted octanol–water partition coefficient (Wildman–Crippen LogP) is -1.58. The molecule has 0 aliphatic rings. The fraction of sp³-hybridized carbons (Fsp3) is 1.00. The van der Waals surface area contributed by atoms with Gasteiger partial charge in [-0.05, 0) is 21.1 Å². The van der Waals surface area contributed by atoms with Gasteiger partial charge in [-0.1, -0.05) is 0 Å². The average molecular weight is 257 g/mol. The van der Waals surface area contributed by atoms with Crippen molar-refractivity contribution in [3.05, 3.63) is 0 Å². The summed E-state index contributed by atoms with van der Waals surface area (Å²) in [6, 6.07) is 0. The predicted molar refractivity (Wildman–Crippen MR) is 58.7 cm³/mol. The highest BCUT2D eigenvalue weighted by molar-refractivity contribution is 7.46. The molecule has 0 aromatic heterocycles. The minimum absolute atomic E-state index is 0.0951. The molecule has 0 fully saturated rings. The van der Waals surface area contributed by atoms with Gasteiger partial charge in [-0.2, -0.15) is 0 Å². The summed E-state index contributed by atoms with van der Waals surface area (Å²) in [7, 11) is 0.863. The molecule has 0 unspecified atom stereocenters. The van der Waals surface area contributed by atoms with Crippen LogP contribution in [0.15, 0.2) is 0 Å². The summed E-state index contributed by atoms with van der Waals surface area (Å²) >= 11 is 0. The molecule has 0 amide bonds. The van der Waals surface area contributed by atoms with Crippen LogP contribution in [0.5, 0.6) is 0 Å². The maximum atomic E-state index is 10.3. The summed E-state index contributed by atoms with van der Waals surface area (Å²) < 4.78 is 19.8. The number of nitrogens with one attached hydrogen (secondary N) is 3. The Balaban J connectivity index is 3.76. The highest BCUT2D eigenvalue weighted by Gasteiger charge is 2.23. The van der Waals surface area contributed by atoms with Gasteiger partial charge < -0.3 is 14.5 Å². The lowest BCUT2D eigenvalue weighted by Gasteiger charge is -2.32. The number of ether oxygens (including phenoxy) is 1. The number of hydrogen-bond donors (Lipinski definition) is 5. The molecule has 0 radical (unpaired) electrons. The Morgan fingerprint density at radius 1 is 1.12 bits per heavy atom. The zero-order chi connectivity index (χ0) is 12.7. The third-order valence-corrected chi connectivity index (χ3v) is 2.60. The number of rotatable bonds is 9. The lowest BCUT2D eigenvalue weighted by atomic mass is 10.3. The van der Waals surface area contributed by atoms with E-state index < -0.39 is 13.6 Å². The van der Waals surface area contributed by atoms with Crippen LogP contribution in [0, 0.1) is 0 Å². The van der Waals surface area contributed by atoms with Crippen molar-refractivity contribution in [3.8, 4) is 0 Å². The zero-order valence-corrected chi connectivity index (χ0v) is 10.6. The Morgan fingerprint density at radius 3 is 2.00 bits per heavy atom. The number of phosphoric ester groups is 1. The smallest absolute Gasteiger partial charge is 0.374 e. The Labute approximate surface area is 94.9 Å². The van der Waals surface area contributed by atoms with Crippen LogP contribution in [0.4, 0.5) is 0 Å². The third-order valence-electron chi connectivity index (χ3n) is 2.09. The number of phosphoric acid groups is 1. The molecule has 98 valence electrons. The van der Waals surface area contributed by atoms with Crippen LogP contribution in [0.25, 0.3) is 0 Å². The van der Waals surface area contributed by atoms with E-state index in [1.165, 1.54) is 0 Å². The first kappa shape index (κ1) is 16.0. The molecule has 0 rings (SSSR count). The van der Waals surface area contributed by atoms with E-state index in [-0.39, 0.29) is 19.8 Å². The average Bonchev–Trinajstić information content (AvgIpc) is 2.23. The second kappa shape index (κ2) is 7.31. The van der Waals surface area contributed by atoms with Crippen molar-refractivity contribution in [3.63, 3.8) is 0 Å². The molecule has 0 atom stereocenters. The summed E-state index contributed by atoms with van der Waals surface area (Å²) in [5, 5.41) is 8.94. The van der Waals surface area contributed by atoms with E-state index in [0.717, 1.165) is 0 Å². The molecule has 0 aliphatic carbocycles. The summed E-state index contributed by atoms with van der Waals surface area (Å²) in [5.41, 5.74) is 0. The van der Waals surface area contributed by atoms with E-state index in [0.29, 0.717) is 0 Å². The quantitative estimate of drug-likeness (QED) is 0.191. The van der Waals surface area contributed by atoms with E-state index in [1.54, 1.807) is 21.1 Å². The van der Waals surface area contributed by atoms with Crippen molar-refractivity contribution in [2.45, 2.75) is 5.79 Å². The molecule has 0 bridgehead atoms. The van der Waals surface area contributed by atoms with Crippen LogP contribution in [0.1, 0.15) is 0 Å². The van der Waals surface area contributed by atoms with Crippen molar-refractivity contribution in [1.82, 2.24) is 16.0 Å². The van der Waals surface area contributed by atoms with Gasteiger partial charge in [0.05, 0.1) is 19.8 Å². The molecule has 16 heavy (non-hydrogen) atoms. The SMILES string of the molecule is CNC(COCCOP(=O)(O)O)(NC)NC. The van der Waals surface area contributed by atoms with Crippen molar-refractivity contribution in [2.75, 3.05) is 41.0 Å². The van der Waals surface area contributed by atoms with Gasteiger partial charge >= 0.3 is 7.82 Å². The van der Waals surface area contributed by atoms with Crippen LogP contribution in [-0.4, -0.2) is 56.5 Å². The van der Waals surface area contributed by atoms with Crippen molar-refractivity contribution in [2.24, 2.45) is 0 Å². The van der Waals surface area contributed by atoms with E-state index >= 15 is 0 Å². The Kier molecular flexibility index (Phi) is 7.29. The van der Waals surface area contributed by atoms with Gasteiger partial charge in [-0.25, -0.2) is 4.57 Å². The molecule has 8 nitrogen and oxygen atoms in total. The molecule has 0 aliphatic heterocycles. The minimum atomic E-state index is -4.39. The molecule has 0 aromatic carbocycles. The highest BCUT2D eigenvalue weighted by Crippen LogP contribution is 2.35. The lowest BCUT2D eigenvalue weighted by molar-refractivity contribution is 0.0253. The summed E-state index contributed by atoms with van der Waals surface area (Å²) in [6.07, 6.45) is 0. The topological polar surface area (TPSA) is 112 Å². The summed E-state index contributed by atoms with van der Waals surface area (Å²) in [4.78, 5) is 16.8. The minimum Gasteiger partial charge on any atom is -0.374 e. The van der Waals surface area contributed by atoms with Gasteiger partial charge in [0.25, 0.3) is 0 Å². The van der Waals surface area contributed by atoms with Gasteiger partial charge in [0.15, 0.2) is 0 Å².